The summed E-state index contributed by atoms with van der Waals surface area (Å²) in [4.78, 5) is 26.8. The van der Waals surface area contributed by atoms with Crippen LogP contribution < -0.4 is 5.32 Å². The summed E-state index contributed by atoms with van der Waals surface area (Å²) in [6.45, 7) is 0. The van der Waals surface area contributed by atoms with Crippen molar-refractivity contribution in [1.82, 2.24) is 4.98 Å². The number of hydrogen-bond acceptors (Lipinski definition) is 3. The molecule has 2 N–H and O–H groups in total. The lowest BCUT2D eigenvalue weighted by molar-refractivity contribution is -0.115. The van der Waals surface area contributed by atoms with Crippen LogP contribution in [0, 0.1) is 0 Å². The maximum Gasteiger partial charge on any atom is 0.339 e. The summed E-state index contributed by atoms with van der Waals surface area (Å²) in [5, 5.41) is 12.2. The predicted molar refractivity (Wildman–Crippen MR) is 80.0 cm³/mol. The number of carboxylic acids is 1. The number of amides is 1. The number of carbonyl (C=O) groups is 2. The highest BCUT2D eigenvalue weighted by Crippen LogP contribution is 2.23. The lowest BCUT2D eigenvalue weighted by atomic mass is 10.1. The quantitative estimate of drug-likeness (QED) is 0.904. The first-order valence-electron chi connectivity index (χ1n) is 5.89. The van der Waals surface area contributed by atoms with Crippen molar-refractivity contribution in [3.8, 4) is 0 Å². The lowest BCUT2D eigenvalue weighted by Gasteiger charge is -2.07. The zero-order chi connectivity index (χ0) is 15.4. The molecule has 0 aliphatic carbocycles. The van der Waals surface area contributed by atoms with Gasteiger partial charge in [0, 0.05) is 6.20 Å². The van der Waals surface area contributed by atoms with Crippen molar-refractivity contribution >= 4 is 40.9 Å². The Kier molecular flexibility index (Phi) is 4.77. The molecule has 5 nitrogen and oxygen atoms in total. The summed E-state index contributed by atoms with van der Waals surface area (Å²) in [6, 6.07) is 7.70. The van der Waals surface area contributed by atoms with Gasteiger partial charge in [0.25, 0.3) is 0 Å². The Morgan fingerprint density at radius 2 is 1.95 bits per heavy atom. The first-order valence-corrected chi connectivity index (χ1v) is 6.65. The third-order valence-corrected chi connectivity index (χ3v) is 3.38. The van der Waals surface area contributed by atoms with Crippen LogP contribution in [0.2, 0.25) is 10.0 Å². The van der Waals surface area contributed by atoms with Gasteiger partial charge < -0.3 is 10.4 Å². The van der Waals surface area contributed by atoms with Gasteiger partial charge in [0.1, 0.15) is 11.4 Å². The SMILES string of the molecule is O=C(Cc1ccc(Cl)c(Cl)c1)Nc1ncccc1C(=O)O. The molecule has 0 atom stereocenters. The molecule has 21 heavy (non-hydrogen) atoms. The molecule has 0 saturated carbocycles. The van der Waals surface area contributed by atoms with Gasteiger partial charge in [-0.15, -0.1) is 0 Å². The zero-order valence-electron chi connectivity index (χ0n) is 10.6. The van der Waals surface area contributed by atoms with E-state index >= 15 is 0 Å². The van der Waals surface area contributed by atoms with Crippen LogP contribution in [0.25, 0.3) is 0 Å². The van der Waals surface area contributed by atoms with Gasteiger partial charge in [-0.2, -0.15) is 0 Å². The molecule has 2 aromatic rings. The van der Waals surface area contributed by atoms with E-state index in [0.717, 1.165) is 0 Å². The van der Waals surface area contributed by atoms with E-state index in [1.165, 1.54) is 18.3 Å². The Morgan fingerprint density at radius 1 is 1.19 bits per heavy atom. The van der Waals surface area contributed by atoms with Gasteiger partial charge in [-0.05, 0) is 29.8 Å². The van der Waals surface area contributed by atoms with Crippen LogP contribution in [0.15, 0.2) is 36.5 Å². The van der Waals surface area contributed by atoms with Crippen molar-refractivity contribution in [1.29, 1.82) is 0 Å². The van der Waals surface area contributed by atoms with E-state index in [-0.39, 0.29) is 17.8 Å². The summed E-state index contributed by atoms with van der Waals surface area (Å²) in [5.74, 6) is -1.54. The fourth-order valence-corrected chi connectivity index (χ4v) is 2.01. The molecule has 0 fully saturated rings. The van der Waals surface area contributed by atoms with Gasteiger partial charge in [-0.3, -0.25) is 4.79 Å². The second kappa shape index (κ2) is 6.56. The van der Waals surface area contributed by atoms with Crippen LogP contribution in [-0.4, -0.2) is 22.0 Å². The Labute approximate surface area is 130 Å². The fraction of sp³-hybridized carbons (Fsp3) is 0.0714. The van der Waals surface area contributed by atoms with Crippen molar-refractivity contribution in [2.75, 3.05) is 5.32 Å². The van der Waals surface area contributed by atoms with Crippen LogP contribution in [0.1, 0.15) is 15.9 Å². The minimum atomic E-state index is -1.16. The maximum absolute atomic E-state index is 11.9. The van der Waals surface area contributed by atoms with Gasteiger partial charge in [0.2, 0.25) is 5.91 Å². The van der Waals surface area contributed by atoms with Crippen LogP contribution in [-0.2, 0) is 11.2 Å². The van der Waals surface area contributed by atoms with Gasteiger partial charge in [0.15, 0.2) is 0 Å². The molecule has 0 unspecified atom stereocenters. The van der Waals surface area contributed by atoms with Crippen LogP contribution in [0.4, 0.5) is 5.82 Å². The Hall–Kier alpha value is -2.11. The van der Waals surface area contributed by atoms with E-state index < -0.39 is 11.9 Å². The van der Waals surface area contributed by atoms with Crippen molar-refractivity contribution in [3.63, 3.8) is 0 Å². The summed E-state index contributed by atoms with van der Waals surface area (Å²) in [5.41, 5.74) is 0.592. The molecule has 0 aliphatic heterocycles. The minimum absolute atomic E-state index is 0.00932. The number of benzene rings is 1. The summed E-state index contributed by atoms with van der Waals surface area (Å²) < 4.78 is 0. The van der Waals surface area contributed by atoms with E-state index in [1.54, 1.807) is 18.2 Å². The van der Waals surface area contributed by atoms with Crippen molar-refractivity contribution in [3.05, 3.63) is 57.7 Å². The molecule has 0 radical (unpaired) electrons. The summed E-state index contributed by atoms with van der Waals surface area (Å²) in [7, 11) is 0. The standard InChI is InChI=1S/C14H10Cl2N2O3/c15-10-4-3-8(6-11(10)16)7-12(19)18-13-9(14(20)21)2-1-5-17-13/h1-6H,7H2,(H,20,21)(H,17,18,19). The highest BCUT2D eigenvalue weighted by molar-refractivity contribution is 6.42. The number of pyridine rings is 1. The number of aromatic nitrogens is 1. The topological polar surface area (TPSA) is 79.3 Å². The smallest absolute Gasteiger partial charge is 0.339 e. The zero-order valence-corrected chi connectivity index (χ0v) is 12.1. The first-order chi connectivity index (χ1) is 9.97. The number of aromatic carboxylic acids is 1. The molecule has 2 rings (SSSR count). The van der Waals surface area contributed by atoms with Crippen molar-refractivity contribution in [2.45, 2.75) is 6.42 Å². The number of halogens is 2. The molecular formula is C14H10Cl2N2O3. The molecule has 7 heteroatoms. The summed E-state index contributed by atoms with van der Waals surface area (Å²) >= 11 is 11.7. The molecule has 1 aromatic carbocycles. The molecule has 0 spiro atoms. The molecule has 0 bridgehead atoms. The maximum atomic E-state index is 11.9. The van der Waals surface area contributed by atoms with Crippen molar-refractivity contribution in [2.24, 2.45) is 0 Å². The monoisotopic (exact) mass is 324 g/mol. The Bertz CT molecular complexity index is 704. The fourth-order valence-electron chi connectivity index (χ4n) is 1.69. The first kappa shape index (κ1) is 15.3. The minimum Gasteiger partial charge on any atom is -0.478 e. The van der Waals surface area contributed by atoms with Crippen LogP contribution in [0.5, 0.6) is 0 Å². The number of hydrogen-bond donors (Lipinski definition) is 2. The highest BCUT2D eigenvalue weighted by atomic mass is 35.5. The number of nitrogens with one attached hydrogen (secondary N) is 1. The van der Waals surface area contributed by atoms with E-state index in [2.05, 4.69) is 10.3 Å². The largest absolute Gasteiger partial charge is 0.478 e. The molecule has 108 valence electrons. The number of nitrogens with zero attached hydrogens (tertiary/aromatic N) is 1. The highest BCUT2D eigenvalue weighted by Gasteiger charge is 2.13. The second-order valence-corrected chi connectivity index (χ2v) is 4.99. The van der Waals surface area contributed by atoms with E-state index in [0.29, 0.717) is 15.6 Å². The average molecular weight is 325 g/mol. The van der Waals surface area contributed by atoms with Crippen LogP contribution in [0.3, 0.4) is 0 Å². The Balaban J connectivity index is 2.12. The molecular weight excluding hydrogens is 315 g/mol. The number of rotatable bonds is 4. The van der Waals surface area contributed by atoms with Gasteiger partial charge in [-0.1, -0.05) is 29.3 Å². The molecule has 0 saturated heterocycles. The predicted octanol–water partition coefficient (Wildman–Crippen LogP) is 3.27. The average Bonchev–Trinajstić information content (AvgIpc) is 2.43. The van der Waals surface area contributed by atoms with Gasteiger partial charge in [-0.25, -0.2) is 9.78 Å². The van der Waals surface area contributed by atoms with Gasteiger partial charge in [0.05, 0.1) is 16.5 Å². The van der Waals surface area contributed by atoms with Gasteiger partial charge >= 0.3 is 5.97 Å². The second-order valence-electron chi connectivity index (χ2n) is 4.18. The third-order valence-electron chi connectivity index (χ3n) is 2.64. The molecule has 1 amide bonds. The Morgan fingerprint density at radius 3 is 2.62 bits per heavy atom. The number of carboxylic acid groups (broad SMARTS) is 1. The molecule has 1 aromatic heterocycles. The number of anilines is 1. The van der Waals surface area contributed by atoms with E-state index in [1.807, 2.05) is 0 Å². The third kappa shape index (κ3) is 3.93. The van der Waals surface area contributed by atoms with Crippen LogP contribution >= 0.6 is 23.2 Å². The molecule has 1 heterocycles. The summed E-state index contributed by atoms with van der Waals surface area (Å²) in [6.07, 6.45) is 1.44. The molecule has 0 aliphatic rings. The van der Waals surface area contributed by atoms with E-state index in [4.69, 9.17) is 28.3 Å². The normalized spacial score (nSPS) is 10.2. The van der Waals surface area contributed by atoms with E-state index in [9.17, 15) is 9.59 Å². The lowest BCUT2D eigenvalue weighted by Crippen LogP contribution is -2.17. The van der Waals surface area contributed by atoms with Crippen molar-refractivity contribution < 1.29 is 14.7 Å². The number of carbonyl (C=O) groups excluding carboxylic acids is 1.